The van der Waals surface area contributed by atoms with Gasteiger partial charge in [-0.3, -0.25) is 9.59 Å². The second kappa shape index (κ2) is 7.70. The molecule has 2 amide bonds. The molecule has 2 heterocycles. The van der Waals surface area contributed by atoms with Crippen LogP contribution in [0.3, 0.4) is 0 Å². The van der Waals surface area contributed by atoms with Crippen LogP contribution in [0.4, 0.5) is 0 Å². The van der Waals surface area contributed by atoms with Crippen molar-refractivity contribution in [2.45, 2.75) is 19.4 Å². The maximum Gasteiger partial charge on any atom is 0.253 e. The van der Waals surface area contributed by atoms with Gasteiger partial charge in [-0.15, -0.1) is 0 Å². The van der Waals surface area contributed by atoms with Crippen LogP contribution in [0.1, 0.15) is 39.1 Å². The zero-order valence-electron chi connectivity index (χ0n) is 15.1. The highest BCUT2D eigenvalue weighted by Gasteiger charge is 2.19. The molecule has 4 rings (SSSR count). The lowest BCUT2D eigenvalue weighted by molar-refractivity contribution is 0.0792. The van der Waals surface area contributed by atoms with Gasteiger partial charge in [-0.1, -0.05) is 12.1 Å². The molecule has 6 nitrogen and oxygen atoms in total. The van der Waals surface area contributed by atoms with Crippen molar-refractivity contribution in [2.24, 2.45) is 0 Å². The van der Waals surface area contributed by atoms with E-state index in [1.807, 2.05) is 29.2 Å². The van der Waals surface area contributed by atoms with E-state index in [1.54, 1.807) is 18.2 Å². The quantitative estimate of drug-likeness (QED) is 0.903. The molecule has 2 aliphatic rings. The summed E-state index contributed by atoms with van der Waals surface area (Å²) in [6.45, 7) is 3.08. The predicted octanol–water partition coefficient (Wildman–Crippen LogP) is 2.62. The van der Waals surface area contributed by atoms with Gasteiger partial charge < -0.3 is 19.7 Å². The average Bonchev–Trinajstić information content (AvgIpc) is 3.26. The number of hydrogen-bond acceptors (Lipinski definition) is 4. The summed E-state index contributed by atoms with van der Waals surface area (Å²) in [6.07, 6.45) is 2.16. The number of carbonyl (C=O) groups excluding carboxylic acids is 2. The van der Waals surface area contributed by atoms with E-state index >= 15 is 0 Å². The molecule has 2 aliphatic heterocycles. The summed E-state index contributed by atoms with van der Waals surface area (Å²) in [6, 6.07) is 12.6. The fourth-order valence-corrected chi connectivity index (χ4v) is 3.34. The van der Waals surface area contributed by atoms with Gasteiger partial charge in [0.05, 0.1) is 0 Å². The van der Waals surface area contributed by atoms with Crippen molar-refractivity contribution in [1.29, 1.82) is 0 Å². The molecule has 0 saturated carbocycles. The van der Waals surface area contributed by atoms with Gasteiger partial charge in [0.15, 0.2) is 11.5 Å². The Kier molecular flexibility index (Phi) is 4.96. The normalized spacial score (nSPS) is 15.5. The molecule has 1 saturated heterocycles. The van der Waals surface area contributed by atoms with E-state index in [1.165, 1.54) is 0 Å². The number of nitrogens with one attached hydrogen (secondary N) is 1. The predicted molar refractivity (Wildman–Crippen MR) is 100 cm³/mol. The van der Waals surface area contributed by atoms with Crippen molar-refractivity contribution in [2.75, 3.05) is 26.3 Å². The molecule has 0 aliphatic carbocycles. The van der Waals surface area contributed by atoms with Crippen molar-refractivity contribution in [1.82, 2.24) is 10.2 Å². The summed E-state index contributed by atoms with van der Waals surface area (Å²) in [4.78, 5) is 26.6. The lowest BCUT2D eigenvalue weighted by Gasteiger charge is -2.18. The first kappa shape index (κ1) is 17.4. The number of benzene rings is 2. The molecule has 0 unspecified atom stereocenters. The van der Waals surface area contributed by atoms with Crippen LogP contribution >= 0.6 is 0 Å². The van der Waals surface area contributed by atoms with Crippen molar-refractivity contribution >= 4 is 11.8 Å². The second-order valence-electron chi connectivity index (χ2n) is 6.74. The Morgan fingerprint density at radius 3 is 2.30 bits per heavy atom. The lowest BCUT2D eigenvalue weighted by Crippen LogP contribution is -2.27. The van der Waals surface area contributed by atoms with Gasteiger partial charge >= 0.3 is 0 Å². The first-order chi connectivity index (χ1) is 13.2. The lowest BCUT2D eigenvalue weighted by atomic mass is 10.1. The van der Waals surface area contributed by atoms with Gasteiger partial charge in [0, 0.05) is 30.8 Å². The highest BCUT2D eigenvalue weighted by atomic mass is 16.6. The Balaban J connectivity index is 1.35. The molecule has 0 atom stereocenters. The van der Waals surface area contributed by atoms with E-state index in [-0.39, 0.29) is 11.8 Å². The SMILES string of the molecule is O=C(NCc1ccc(C(=O)N2CCCC2)cc1)c1ccc2c(c1)OCCO2. The molecule has 1 N–H and O–H groups in total. The first-order valence-corrected chi connectivity index (χ1v) is 9.27. The Morgan fingerprint density at radius 2 is 1.56 bits per heavy atom. The van der Waals surface area contributed by atoms with Crippen LogP contribution in [0.5, 0.6) is 11.5 Å². The Morgan fingerprint density at radius 1 is 0.889 bits per heavy atom. The molecule has 140 valence electrons. The van der Waals surface area contributed by atoms with E-state index in [0.717, 1.165) is 31.5 Å². The minimum Gasteiger partial charge on any atom is -0.486 e. The third-order valence-electron chi connectivity index (χ3n) is 4.85. The van der Waals surface area contributed by atoms with Gasteiger partial charge in [0.2, 0.25) is 0 Å². The van der Waals surface area contributed by atoms with Crippen LogP contribution < -0.4 is 14.8 Å². The fourth-order valence-electron chi connectivity index (χ4n) is 3.34. The molecular weight excluding hydrogens is 344 g/mol. The number of carbonyl (C=O) groups is 2. The van der Waals surface area contributed by atoms with E-state index in [4.69, 9.17) is 9.47 Å². The Hall–Kier alpha value is -3.02. The van der Waals surface area contributed by atoms with Gasteiger partial charge in [-0.2, -0.15) is 0 Å². The highest BCUT2D eigenvalue weighted by Crippen LogP contribution is 2.30. The summed E-state index contributed by atoms with van der Waals surface area (Å²) in [7, 11) is 0. The van der Waals surface area contributed by atoms with Crippen LogP contribution in [0.2, 0.25) is 0 Å². The fraction of sp³-hybridized carbons (Fsp3) is 0.333. The Labute approximate surface area is 158 Å². The standard InChI is InChI=1S/C21H22N2O4/c24-20(17-7-8-18-19(13-17)27-12-11-26-18)22-14-15-3-5-16(6-4-15)21(25)23-9-1-2-10-23/h3-8,13H,1-2,9-12,14H2,(H,22,24). The largest absolute Gasteiger partial charge is 0.486 e. The molecule has 2 aromatic rings. The van der Waals surface area contributed by atoms with Crippen molar-refractivity contribution < 1.29 is 19.1 Å². The molecule has 2 aromatic carbocycles. The number of nitrogens with zero attached hydrogens (tertiary/aromatic N) is 1. The van der Waals surface area contributed by atoms with Gasteiger partial charge in [-0.25, -0.2) is 0 Å². The van der Waals surface area contributed by atoms with Gasteiger partial charge in [-0.05, 0) is 48.7 Å². The zero-order chi connectivity index (χ0) is 18.6. The zero-order valence-corrected chi connectivity index (χ0v) is 15.1. The number of ether oxygens (including phenoxy) is 2. The molecule has 0 spiro atoms. The van der Waals surface area contributed by atoms with Crippen LogP contribution in [0.15, 0.2) is 42.5 Å². The van der Waals surface area contributed by atoms with E-state index in [2.05, 4.69) is 5.32 Å². The monoisotopic (exact) mass is 366 g/mol. The number of fused-ring (bicyclic) bond motifs is 1. The number of rotatable bonds is 4. The summed E-state index contributed by atoms with van der Waals surface area (Å²) < 4.78 is 11.0. The number of amides is 2. The maximum absolute atomic E-state index is 12.4. The number of likely N-dealkylation sites (tertiary alicyclic amines) is 1. The first-order valence-electron chi connectivity index (χ1n) is 9.27. The smallest absolute Gasteiger partial charge is 0.253 e. The number of hydrogen-bond donors (Lipinski definition) is 1. The summed E-state index contributed by atoms with van der Waals surface area (Å²) in [5, 5.41) is 2.90. The second-order valence-corrected chi connectivity index (χ2v) is 6.74. The third-order valence-corrected chi connectivity index (χ3v) is 4.85. The summed E-state index contributed by atoms with van der Waals surface area (Å²) in [5.74, 6) is 1.17. The topological polar surface area (TPSA) is 67.9 Å². The summed E-state index contributed by atoms with van der Waals surface area (Å²) >= 11 is 0. The molecular formula is C21H22N2O4. The van der Waals surface area contributed by atoms with Crippen LogP contribution in [-0.4, -0.2) is 43.0 Å². The van der Waals surface area contributed by atoms with Crippen molar-refractivity contribution in [3.8, 4) is 11.5 Å². The molecule has 0 bridgehead atoms. The Bertz CT molecular complexity index is 842. The molecule has 1 fully saturated rings. The minimum absolute atomic E-state index is 0.0827. The third kappa shape index (κ3) is 3.89. The van der Waals surface area contributed by atoms with Gasteiger partial charge in [0.1, 0.15) is 13.2 Å². The van der Waals surface area contributed by atoms with E-state index in [9.17, 15) is 9.59 Å². The minimum atomic E-state index is -0.177. The molecule has 27 heavy (non-hydrogen) atoms. The maximum atomic E-state index is 12.4. The van der Waals surface area contributed by atoms with Crippen molar-refractivity contribution in [3.63, 3.8) is 0 Å². The van der Waals surface area contributed by atoms with E-state index < -0.39 is 0 Å². The molecule has 0 aromatic heterocycles. The van der Waals surface area contributed by atoms with Crippen LogP contribution in [0.25, 0.3) is 0 Å². The van der Waals surface area contributed by atoms with Crippen molar-refractivity contribution in [3.05, 3.63) is 59.2 Å². The van der Waals surface area contributed by atoms with Crippen LogP contribution in [-0.2, 0) is 6.54 Å². The highest BCUT2D eigenvalue weighted by molar-refractivity contribution is 5.95. The molecule has 6 heteroatoms. The molecule has 0 radical (unpaired) electrons. The van der Waals surface area contributed by atoms with E-state index in [0.29, 0.717) is 42.4 Å². The van der Waals surface area contributed by atoms with Crippen LogP contribution in [0, 0.1) is 0 Å². The summed E-state index contributed by atoms with van der Waals surface area (Å²) in [5.41, 5.74) is 2.16. The van der Waals surface area contributed by atoms with Gasteiger partial charge in [0.25, 0.3) is 11.8 Å². The average molecular weight is 366 g/mol.